The molecule has 0 unspecified atom stereocenters. The molecule has 0 aliphatic carbocycles. The van der Waals surface area contributed by atoms with Gasteiger partial charge in [0.05, 0.1) is 22.1 Å². The van der Waals surface area contributed by atoms with Crippen LogP contribution in [0.15, 0.2) is 217 Å². The Kier molecular flexibility index (Phi) is 7.20. The zero-order valence-electron chi connectivity index (χ0n) is 31.5. The number of rotatable bonds is 6. The largest absolute Gasteiger partial charge is 0.456 e. The van der Waals surface area contributed by atoms with E-state index >= 15 is 0 Å². The average Bonchev–Trinajstić information content (AvgIpc) is 3.95. The van der Waals surface area contributed by atoms with Crippen LogP contribution in [0.5, 0.6) is 0 Å². The molecule has 0 saturated heterocycles. The van der Waals surface area contributed by atoms with Crippen LogP contribution in [0.2, 0.25) is 0 Å². The van der Waals surface area contributed by atoms with Crippen molar-refractivity contribution in [1.29, 1.82) is 0 Å². The Bertz CT molecular complexity index is 3440. The molecule has 0 amide bonds. The first kappa shape index (κ1) is 32.4. The predicted molar refractivity (Wildman–Crippen MR) is 243 cm³/mol. The molecule has 0 fully saturated rings. The Morgan fingerprint density at radius 2 is 0.741 bits per heavy atom. The number of nitrogens with zero attached hydrogens (tertiary/aromatic N) is 3. The van der Waals surface area contributed by atoms with E-state index in [-0.39, 0.29) is 0 Å². The zero-order valence-corrected chi connectivity index (χ0v) is 31.5. The maximum absolute atomic E-state index is 6.42. The highest BCUT2D eigenvalue weighted by Gasteiger charge is 2.19. The molecule has 0 atom stereocenters. The van der Waals surface area contributed by atoms with Gasteiger partial charge in [0.25, 0.3) is 0 Å². The number of furan rings is 1. The number of aromatic nitrogens is 2. The van der Waals surface area contributed by atoms with Gasteiger partial charge in [-0.1, -0.05) is 115 Å². The van der Waals surface area contributed by atoms with Crippen LogP contribution in [0, 0.1) is 0 Å². The molecule has 58 heavy (non-hydrogen) atoms. The van der Waals surface area contributed by atoms with Crippen LogP contribution >= 0.6 is 0 Å². The van der Waals surface area contributed by atoms with Gasteiger partial charge in [-0.2, -0.15) is 0 Å². The number of fused-ring (bicyclic) bond motifs is 9. The minimum atomic E-state index is 0.866. The first-order valence-corrected chi connectivity index (χ1v) is 19.8. The van der Waals surface area contributed by atoms with Crippen LogP contribution in [0.3, 0.4) is 0 Å². The highest BCUT2D eigenvalue weighted by molar-refractivity contribution is 6.12. The van der Waals surface area contributed by atoms with Gasteiger partial charge in [0.2, 0.25) is 0 Å². The van der Waals surface area contributed by atoms with E-state index in [1.54, 1.807) is 0 Å². The first-order valence-electron chi connectivity index (χ1n) is 19.8. The summed E-state index contributed by atoms with van der Waals surface area (Å²) >= 11 is 0. The lowest BCUT2D eigenvalue weighted by molar-refractivity contribution is 0.669. The van der Waals surface area contributed by atoms with Gasteiger partial charge in [0, 0.05) is 66.8 Å². The fourth-order valence-corrected chi connectivity index (χ4v) is 9.06. The minimum Gasteiger partial charge on any atom is -0.456 e. The van der Waals surface area contributed by atoms with E-state index in [1.807, 2.05) is 12.1 Å². The molecule has 0 N–H and O–H groups in total. The molecule has 0 radical (unpaired) electrons. The highest BCUT2D eigenvalue weighted by atomic mass is 16.3. The molecule has 3 heterocycles. The normalized spacial score (nSPS) is 11.8. The number of benzene rings is 9. The predicted octanol–water partition coefficient (Wildman–Crippen LogP) is 14.9. The summed E-state index contributed by atoms with van der Waals surface area (Å²) in [7, 11) is 0. The summed E-state index contributed by atoms with van der Waals surface area (Å²) in [5.74, 6) is 0. The smallest absolute Gasteiger partial charge is 0.137 e. The SMILES string of the molecule is c1ccc(-n2c3ccccc3c3cc(N(c4ccc(-c5ccc(-n6c7ccccc7c7ccccc76)cc5)cc4)c4ccc5c(c4)oc4ccccc45)ccc32)cc1. The molecule has 0 bridgehead atoms. The molecule has 0 aliphatic rings. The number of para-hydroxylation sites is 5. The van der Waals surface area contributed by atoms with Crippen molar-refractivity contribution in [1.82, 2.24) is 9.13 Å². The quantitative estimate of drug-likeness (QED) is 0.170. The van der Waals surface area contributed by atoms with Gasteiger partial charge in [0.15, 0.2) is 0 Å². The van der Waals surface area contributed by atoms with Gasteiger partial charge in [-0.15, -0.1) is 0 Å². The molecule has 0 saturated carbocycles. The molecular weight excluding hydrogens is 707 g/mol. The lowest BCUT2D eigenvalue weighted by Gasteiger charge is -2.26. The maximum atomic E-state index is 6.42. The summed E-state index contributed by atoms with van der Waals surface area (Å²) in [5.41, 5.74) is 14.3. The van der Waals surface area contributed by atoms with E-state index in [0.717, 1.165) is 55.9 Å². The van der Waals surface area contributed by atoms with Crippen LogP contribution in [0.1, 0.15) is 0 Å². The van der Waals surface area contributed by atoms with E-state index in [2.05, 4.69) is 214 Å². The third-order valence-corrected chi connectivity index (χ3v) is 11.7. The van der Waals surface area contributed by atoms with Crippen molar-refractivity contribution in [3.8, 4) is 22.5 Å². The Morgan fingerprint density at radius 1 is 0.293 bits per heavy atom. The molecule has 12 aromatic rings. The molecule has 272 valence electrons. The lowest BCUT2D eigenvalue weighted by atomic mass is 10.0. The molecule has 9 aromatic carbocycles. The molecule has 4 nitrogen and oxygen atoms in total. The van der Waals surface area contributed by atoms with Crippen molar-refractivity contribution in [3.05, 3.63) is 212 Å². The second-order valence-electron chi connectivity index (χ2n) is 15.0. The van der Waals surface area contributed by atoms with Crippen molar-refractivity contribution in [2.75, 3.05) is 4.90 Å². The van der Waals surface area contributed by atoms with Gasteiger partial charge in [0.1, 0.15) is 11.2 Å². The van der Waals surface area contributed by atoms with Gasteiger partial charge < -0.3 is 18.5 Å². The summed E-state index contributed by atoms with van der Waals surface area (Å²) in [4.78, 5) is 2.34. The van der Waals surface area contributed by atoms with Gasteiger partial charge >= 0.3 is 0 Å². The molecule has 3 aromatic heterocycles. The van der Waals surface area contributed by atoms with E-state index in [9.17, 15) is 0 Å². The van der Waals surface area contributed by atoms with Crippen molar-refractivity contribution >= 4 is 82.6 Å². The summed E-state index contributed by atoms with van der Waals surface area (Å²) < 4.78 is 11.1. The third-order valence-electron chi connectivity index (χ3n) is 11.7. The number of hydrogen-bond acceptors (Lipinski definition) is 2. The van der Waals surface area contributed by atoms with Gasteiger partial charge in [-0.05, 0) is 102 Å². The topological polar surface area (TPSA) is 26.2 Å². The Hall–Kier alpha value is -7.82. The molecule has 12 rings (SSSR count). The summed E-state index contributed by atoms with van der Waals surface area (Å²) in [6.45, 7) is 0. The Morgan fingerprint density at radius 3 is 1.40 bits per heavy atom. The molecular formula is C54H35N3O. The van der Waals surface area contributed by atoms with Crippen LogP contribution in [-0.2, 0) is 0 Å². The molecule has 0 spiro atoms. The molecule has 0 aliphatic heterocycles. The van der Waals surface area contributed by atoms with E-state index < -0.39 is 0 Å². The highest BCUT2D eigenvalue weighted by Crippen LogP contribution is 2.42. The Balaban J connectivity index is 0.974. The zero-order chi connectivity index (χ0) is 38.2. The van der Waals surface area contributed by atoms with Crippen LogP contribution in [0.25, 0.3) is 88.1 Å². The summed E-state index contributed by atoms with van der Waals surface area (Å²) in [6.07, 6.45) is 0. The number of anilines is 3. The van der Waals surface area contributed by atoms with E-state index in [1.165, 1.54) is 49.2 Å². The third kappa shape index (κ3) is 5.02. The average molecular weight is 742 g/mol. The summed E-state index contributed by atoms with van der Waals surface area (Å²) in [6, 6.07) is 76.2. The second kappa shape index (κ2) is 12.9. The Labute approximate surface area is 334 Å². The van der Waals surface area contributed by atoms with Crippen LogP contribution in [-0.4, -0.2) is 9.13 Å². The van der Waals surface area contributed by atoms with Crippen molar-refractivity contribution in [3.63, 3.8) is 0 Å². The fraction of sp³-hybridized carbons (Fsp3) is 0. The lowest BCUT2D eigenvalue weighted by Crippen LogP contribution is -2.09. The van der Waals surface area contributed by atoms with Crippen LogP contribution in [0.4, 0.5) is 17.1 Å². The number of hydrogen-bond donors (Lipinski definition) is 0. The second-order valence-corrected chi connectivity index (χ2v) is 15.0. The van der Waals surface area contributed by atoms with Crippen molar-refractivity contribution in [2.24, 2.45) is 0 Å². The molecule has 4 heteroatoms. The standard InChI is InChI=1S/C54H35N3O/c1-2-12-38(13-3-1)56-51-20-10-6-16-45(51)48-34-41(31-33-52(48)56)55(42-30-32-47-46-17-7-11-21-53(46)58-54(47)35-42)39-26-22-36(23-27-39)37-24-28-40(29-25-37)57-49-18-8-4-14-43(49)44-15-5-9-19-50(44)57/h1-35H. The van der Waals surface area contributed by atoms with Crippen molar-refractivity contribution in [2.45, 2.75) is 0 Å². The van der Waals surface area contributed by atoms with Crippen molar-refractivity contribution < 1.29 is 4.42 Å². The van der Waals surface area contributed by atoms with Crippen LogP contribution < -0.4 is 4.90 Å². The van der Waals surface area contributed by atoms with E-state index in [0.29, 0.717) is 0 Å². The first-order chi connectivity index (χ1) is 28.8. The van der Waals surface area contributed by atoms with Gasteiger partial charge in [-0.25, -0.2) is 0 Å². The van der Waals surface area contributed by atoms with Gasteiger partial charge in [-0.3, -0.25) is 0 Å². The van der Waals surface area contributed by atoms with E-state index in [4.69, 9.17) is 4.42 Å². The monoisotopic (exact) mass is 741 g/mol. The fourth-order valence-electron chi connectivity index (χ4n) is 9.06. The maximum Gasteiger partial charge on any atom is 0.137 e. The minimum absolute atomic E-state index is 0.866. The summed E-state index contributed by atoms with van der Waals surface area (Å²) in [5, 5.41) is 7.19.